The first-order valence-electron chi connectivity index (χ1n) is 10.5. The second-order valence-corrected chi connectivity index (χ2v) is 7.93. The van der Waals surface area contributed by atoms with Crippen molar-refractivity contribution in [3.8, 4) is 5.75 Å². The molecule has 0 radical (unpaired) electrons. The average Bonchev–Trinajstić information content (AvgIpc) is 3.09. The molecule has 0 bridgehead atoms. The van der Waals surface area contributed by atoms with Crippen LogP contribution in [-0.2, 0) is 9.47 Å². The van der Waals surface area contributed by atoms with Crippen LogP contribution >= 0.6 is 0 Å². The molecule has 5 rings (SSSR count). The van der Waals surface area contributed by atoms with Crippen molar-refractivity contribution in [2.75, 3.05) is 20.3 Å². The van der Waals surface area contributed by atoms with Gasteiger partial charge in [-0.1, -0.05) is 12.1 Å². The van der Waals surface area contributed by atoms with Gasteiger partial charge in [-0.3, -0.25) is 19.5 Å². The van der Waals surface area contributed by atoms with E-state index in [1.165, 1.54) is 7.11 Å². The molecule has 0 saturated carbocycles. The molecule has 33 heavy (non-hydrogen) atoms. The van der Waals surface area contributed by atoms with Crippen molar-refractivity contribution < 1.29 is 33.3 Å². The number of hydrogen-bond acceptors (Lipinski definition) is 7. The van der Waals surface area contributed by atoms with Gasteiger partial charge in [0.2, 0.25) is 0 Å². The van der Waals surface area contributed by atoms with Gasteiger partial charge in [0.15, 0.2) is 6.29 Å². The number of carbonyl (C=O) groups is 2. The van der Waals surface area contributed by atoms with Crippen LogP contribution < -0.4 is 4.74 Å². The average molecular weight is 452 g/mol. The lowest BCUT2D eigenvalue weighted by Crippen LogP contribution is -2.50. The molecule has 1 N–H and O–H groups in total. The van der Waals surface area contributed by atoms with E-state index in [9.17, 15) is 19.1 Å². The first kappa shape index (κ1) is 21.4. The number of methoxy groups -OCH3 is 1. The number of fused-ring (bicyclic) bond motifs is 2. The van der Waals surface area contributed by atoms with Crippen molar-refractivity contribution >= 4 is 22.7 Å². The van der Waals surface area contributed by atoms with Crippen LogP contribution in [0.1, 0.15) is 38.8 Å². The minimum Gasteiger partial charge on any atom is -0.497 e. The van der Waals surface area contributed by atoms with E-state index in [4.69, 9.17) is 14.2 Å². The van der Waals surface area contributed by atoms with Gasteiger partial charge in [0.25, 0.3) is 11.8 Å². The van der Waals surface area contributed by atoms with Gasteiger partial charge >= 0.3 is 0 Å². The van der Waals surface area contributed by atoms with Crippen LogP contribution in [-0.4, -0.2) is 59.5 Å². The van der Waals surface area contributed by atoms with Crippen LogP contribution in [0.25, 0.3) is 10.9 Å². The second-order valence-electron chi connectivity index (χ2n) is 7.93. The fourth-order valence-corrected chi connectivity index (χ4v) is 4.29. The molecular weight excluding hydrogens is 431 g/mol. The van der Waals surface area contributed by atoms with E-state index in [1.54, 1.807) is 42.5 Å². The summed E-state index contributed by atoms with van der Waals surface area (Å²) in [5, 5.41) is 11.2. The van der Waals surface area contributed by atoms with E-state index in [2.05, 4.69) is 4.98 Å². The lowest BCUT2D eigenvalue weighted by Gasteiger charge is -2.34. The van der Waals surface area contributed by atoms with E-state index in [0.717, 1.165) is 11.1 Å². The van der Waals surface area contributed by atoms with Crippen LogP contribution in [0.4, 0.5) is 4.39 Å². The third kappa shape index (κ3) is 3.74. The molecule has 9 heteroatoms. The maximum atomic E-state index is 14.6. The SMILES string of the molecule is COc1ccc2ncc(F)c([C@@H](O)CC3OCC(N4C(=O)c5ccccc5C4=O)CO3)c2c1. The highest BCUT2D eigenvalue weighted by atomic mass is 19.1. The molecule has 0 unspecified atom stereocenters. The molecular formula is C24H21FN2O6. The smallest absolute Gasteiger partial charge is 0.261 e. The summed E-state index contributed by atoms with van der Waals surface area (Å²) in [5.41, 5.74) is 1.31. The molecule has 2 aliphatic heterocycles. The predicted molar refractivity (Wildman–Crippen MR) is 114 cm³/mol. The molecule has 2 amide bonds. The first-order valence-corrected chi connectivity index (χ1v) is 10.5. The molecule has 0 aliphatic carbocycles. The first-order chi connectivity index (χ1) is 16.0. The number of halogens is 1. The number of ether oxygens (including phenoxy) is 3. The number of aromatic nitrogens is 1. The number of amides is 2. The minimum atomic E-state index is -1.23. The molecule has 2 aliphatic rings. The Morgan fingerprint density at radius 1 is 1.15 bits per heavy atom. The number of pyridine rings is 1. The summed E-state index contributed by atoms with van der Waals surface area (Å²) in [6, 6.07) is 11.1. The Labute approximate surface area is 188 Å². The van der Waals surface area contributed by atoms with Crippen LogP contribution in [0.2, 0.25) is 0 Å². The van der Waals surface area contributed by atoms with Crippen molar-refractivity contribution in [2.24, 2.45) is 0 Å². The van der Waals surface area contributed by atoms with E-state index in [1.807, 2.05) is 0 Å². The highest BCUT2D eigenvalue weighted by Crippen LogP contribution is 2.33. The highest BCUT2D eigenvalue weighted by molar-refractivity contribution is 6.21. The molecule has 2 aromatic carbocycles. The molecule has 1 saturated heterocycles. The summed E-state index contributed by atoms with van der Waals surface area (Å²) in [4.78, 5) is 30.5. The Balaban J connectivity index is 1.28. The molecule has 0 spiro atoms. The Morgan fingerprint density at radius 2 is 1.82 bits per heavy atom. The van der Waals surface area contributed by atoms with Gasteiger partial charge in [-0.2, -0.15) is 0 Å². The number of aliphatic hydroxyl groups is 1. The molecule has 3 heterocycles. The lowest BCUT2D eigenvalue weighted by molar-refractivity contribution is -0.208. The standard InChI is InChI=1S/C24H21FN2O6/c1-31-14-6-7-19-17(8-14)22(18(25)10-26-19)20(28)9-21-32-11-13(12-33-21)27-23(29)15-4-2-3-5-16(15)24(27)30/h2-8,10,13,20-21,28H,9,11-12H2,1H3/t13?,20-,21?/m0/s1. The molecule has 1 atom stereocenters. The van der Waals surface area contributed by atoms with Gasteiger partial charge in [0, 0.05) is 17.4 Å². The summed E-state index contributed by atoms with van der Waals surface area (Å²) in [6.07, 6.45) is -1.04. The number of nitrogens with zero attached hydrogens (tertiary/aromatic N) is 2. The predicted octanol–water partition coefficient (Wildman–Crippen LogP) is 2.84. The van der Waals surface area contributed by atoms with Crippen molar-refractivity contribution in [2.45, 2.75) is 24.9 Å². The van der Waals surface area contributed by atoms with Gasteiger partial charge < -0.3 is 19.3 Å². The largest absolute Gasteiger partial charge is 0.497 e. The van der Waals surface area contributed by atoms with Gasteiger partial charge in [0.1, 0.15) is 11.6 Å². The van der Waals surface area contributed by atoms with E-state index in [-0.39, 0.29) is 37.0 Å². The van der Waals surface area contributed by atoms with E-state index in [0.29, 0.717) is 27.8 Å². The number of aliphatic hydroxyl groups excluding tert-OH is 1. The molecule has 3 aromatic rings. The number of rotatable bonds is 5. The van der Waals surface area contributed by atoms with Crippen LogP contribution in [0.3, 0.4) is 0 Å². The lowest BCUT2D eigenvalue weighted by atomic mass is 10.0. The monoisotopic (exact) mass is 452 g/mol. The van der Waals surface area contributed by atoms with Gasteiger partial charge in [-0.05, 0) is 30.3 Å². The van der Waals surface area contributed by atoms with Crippen molar-refractivity contribution in [3.63, 3.8) is 0 Å². The van der Waals surface area contributed by atoms with Gasteiger partial charge in [-0.25, -0.2) is 4.39 Å². The number of carbonyl (C=O) groups excluding carboxylic acids is 2. The van der Waals surface area contributed by atoms with Crippen LogP contribution in [0.5, 0.6) is 5.75 Å². The fraction of sp³-hybridized carbons (Fsp3) is 0.292. The fourth-order valence-electron chi connectivity index (χ4n) is 4.29. The summed E-state index contributed by atoms with van der Waals surface area (Å²) in [5.74, 6) is -0.906. The van der Waals surface area contributed by atoms with Crippen molar-refractivity contribution in [1.29, 1.82) is 0 Å². The molecule has 1 fully saturated rings. The number of benzene rings is 2. The Bertz CT molecular complexity index is 1210. The zero-order chi connectivity index (χ0) is 23.1. The molecule has 1 aromatic heterocycles. The highest BCUT2D eigenvalue weighted by Gasteiger charge is 2.42. The third-order valence-electron chi connectivity index (χ3n) is 5.96. The summed E-state index contributed by atoms with van der Waals surface area (Å²) >= 11 is 0. The molecule has 8 nitrogen and oxygen atoms in total. The second kappa shape index (κ2) is 8.51. The van der Waals surface area contributed by atoms with Crippen LogP contribution in [0, 0.1) is 5.82 Å². The maximum Gasteiger partial charge on any atom is 0.261 e. The number of imide groups is 1. The van der Waals surface area contributed by atoms with E-state index >= 15 is 0 Å². The van der Waals surface area contributed by atoms with Crippen molar-refractivity contribution in [1.82, 2.24) is 9.88 Å². The summed E-state index contributed by atoms with van der Waals surface area (Å²) in [6.45, 7) is 0.104. The quantitative estimate of drug-likeness (QED) is 0.595. The topological polar surface area (TPSA) is 98.2 Å². The zero-order valence-electron chi connectivity index (χ0n) is 17.7. The van der Waals surface area contributed by atoms with E-state index < -0.39 is 24.3 Å². The van der Waals surface area contributed by atoms with Crippen LogP contribution in [0.15, 0.2) is 48.7 Å². The zero-order valence-corrected chi connectivity index (χ0v) is 17.7. The normalized spacial score (nSPS) is 21.4. The summed E-state index contributed by atoms with van der Waals surface area (Å²) < 4.78 is 31.2. The van der Waals surface area contributed by atoms with Gasteiger partial charge in [-0.15, -0.1) is 0 Å². The summed E-state index contributed by atoms with van der Waals surface area (Å²) in [7, 11) is 1.50. The Morgan fingerprint density at radius 3 is 2.45 bits per heavy atom. The van der Waals surface area contributed by atoms with Crippen molar-refractivity contribution in [3.05, 3.63) is 71.2 Å². The van der Waals surface area contributed by atoms with Gasteiger partial charge in [0.05, 0.1) is 55.3 Å². The third-order valence-corrected chi connectivity index (χ3v) is 5.96. The Kier molecular flexibility index (Phi) is 5.53. The Hall–Kier alpha value is -3.40. The maximum absolute atomic E-state index is 14.6. The minimum absolute atomic E-state index is 0.0396. The molecule has 170 valence electrons. The number of hydrogen-bond donors (Lipinski definition) is 1.